The van der Waals surface area contributed by atoms with Crippen molar-refractivity contribution >= 4 is 17.6 Å². The van der Waals surface area contributed by atoms with E-state index in [0.29, 0.717) is 17.9 Å². The smallest absolute Gasteiger partial charge is 0.335 e. The standard InChI is InChI=1S/C14H17NO4/c1-4-11-13(16)15(8(2)3)10-6-5-9(14(17)18)7-12(10)19-11/h5-8,11H,4H2,1-3H3,(H,17,18). The SMILES string of the molecule is CCC1Oc2cc(C(=O)O)ccc2N(C(C)C)C1=O. The Labute approximate surface area is 111 Å². The largest absolute Gasteiger partial charge is 0.478 e. The minimum Gasteiger partial charge on any atom is -0.478 e. The molecule has 1 atom stereocenters. The van der Waals surface area contributed by atoms with Crippen LogP contribution in [0.15, 0.2) is 18.2 Å². The van der Waals surface area contributed by atoms with E-state index in [0.717, 1.165) is 0 Å². The summed E-state index contributed by atoms with van der Waals surface area (Å²) in [7, 11) is 0. The van der Waals surface area contributed by atoms with Crippen LogP contribution in [0, 0.1) is 0 Å². The topological polar surface area (TPSA) is 66.8 Å². The highest BCUT2D eigenvalue weighted by Gasteiger charge is 2.35. The lowest BCUT2D eigenvalue weighted by molar-refractivity contribution is -0.126. The molecule has 0 aliphatic carbocycles. The highest BCUT2D eigenvalue weighted by molar-refractivity contribution is 6.01. The first-order valence-electron chi connectivity index (χ1n) is 6.32. The second-order valence-corrected chi connectivity index (χ2v) is 4.80. The Morgan fingerprint density at radius 3 is 2.68 bits per heavy atom. The van der Waals surface area contributed by atoms with Crippen LogP contribution in [0.5, 0.6) is 5.75 Å². The molecule has 1 aromatic rings. The molecule has 1 aliphatic rings. The number of hydrogen-bond donors (Lipinski definition) is 1. The number of fused-ring (bicyclic) bond motifs is 1. The van der Waals surface area contributed by atoms with E-state index >= 15 is 0 Å². The maximum absolute atomic E-state index is 12.3. The number of amides is 1. The van der Waals surface area contributed by atoms with E-state index < -0.39 is 12.1 Å². The zero-order chi connectivity index (χ0) is 14.2. The molecule has 5 heteroatoms. The van der Waals surface area contributed by atoms with Gasteiger partial charge in [-0.25, -0.2) is 4.79 Å². The van der Waals surface area contributed by atoms with E-state index in [1.165, 1.54) is 12.1 Å². The lowest BCUT2D eigenvalue weighted by Crippen LogP contribution is -2.48. The molecule has 0 bridgehead atoms. The number of anilines is 1. The average molecular weight is 263 g/mol. The van der Waals surface area contributed by atoms with Crippen molar-refractivity contribution in [3.63, 3.8) is 0 Å². The quantitative estimate of drug-likeness (QED) is 0.908. The summed E-state index contributed by atoms with van der Waals surface area (Å²) in [6.07, 6.45) is 0.0117. The van der Waals surface area contributed by atoms with Gasteiger partial charge >= 0.3 is 5.97 Å². The van der Waals surface area contributed by atoms with Gasteiger partial charge in [0.1, 0.15) is 5.75 Å². The summed E-state index contributed by atoms with van der Waals surface area (Å²) in [6.45, 7) is 5.71. The van der Waals surface area contributed by atoms with Crippen LogP contribution in [-0.4, -0.2) is 29.1 Å². The first kappa shape index (κ1) is 13.4. The molecule has 1 N–H and O–H groups in total. The second-order valence-electron chi connectivity index (χ2n) is 4.80. The number of ether oxygens (including phenoxy) is 1. The Bertz CT molecular complexity index is 524. The van der Waals surface area contributed by atoms with Gasteiger partial charge in [0.15, 0.2) is 6.10 Å². The lowest BCUT2D eigenvalue weighted by Gasteiger charge is -2.36. The van der Waals surface area contributed by atoms with Gasteiger partial charge in [0.2, 0.25) is 0 Å². The lowest BCUT2D eigenvalue weighted by atomic mass is 10.1. The van der Waals surface area contributed by atoms with Crippen LogP contribution in [-0.2, 0) is 4.79 Å². The van der Waals surface area contributed by atoms with Gasteiger partial charge in [-0.05, 0) is 38.5 Å². The first-order chi connectivity index (χ1) is 8.95. The number of carbonyl (C=O) groups excluding carboxylic acids is 1. The number of hydrogen-bond acceptors (Lipinski definition) is 3. The molecule has 1 unspecified atom stereocenters. The Kier molecular flexibility index (Phi) is 3.46. The third-order valence-corrected chi connectivity index (χ3v) is 3.14. The molecular weight excluding hydrogens is 246 g/mol. The molecule has 0 radical (unpaired) electrons. The van der Waals surface area contributed by atoms with Gasteiger partial charge in [0, 0.05) is 6.04 Å². The molecule has 0 aromatic heterocycles. The number of carboxylic acid groups (broad SMARTS) is 1. The molecule has 0 saturated heterocycles. The number of carboxylic acids is 1. The molecule has 19 heavy (non-hydrogen) atoms. The normalized spacial score (nSPS) is 18.2. The molecule has 102 valence electrons. The van der Waals surface area contributed by atoms with Gasteiger partial charge in [-0.2, -0.15) is 0 Å². The van der Waals surface area contributed by atoms with E-state index in [4.69, 9.17) is 9.84 Å². The summed E-state index contributed by atoms with van der Waals surface area (Å²) in [4.78, 5) is 24.9. The fourth-order valence-electron chi connectivity index (χ4n) is 2.21. The molecular formula is C14H17NO4. The molecule has 5 nitrogen and oxygen atoms in total. The van der Waals surface area contributed by atoms with Crippen LogP contribution >= 0.6 is 0 Å². The van der Waals surface area contributed by atoms with Crippen LogP contribution in [0.2, 0.25) is 0 Å². The van der Waals surface area contributed by atoms with Crippen LogP contribution < -0.4 is 9.64 Å². The fourth-order valence-corrected chi connectivity index (χ4v) is 2.21. The van der Waals surface area contributed by atoms with Gasteiger partial charge < -0.3 is 14.7 Å². The van der Waals surface area contributed by atoms with E-state index in [1.807, 2.05) is 20.8 Å². The summed E-state index contributed by atoms with van der Waals surface area (Å²) in [5, 5.41) is 9.00. The minimum absolute atomic E-state index is 0.000113. The van der Waals surface area contributed by atoms with E-state index in [1.54, 1.807) is 11.0 Å². The fraction of sp³-hybridized carbons (Fsp3) is 0.429. The van der Waals surface area contributed by atoms with Crippen molar-refractivity contribution in [2.45, 2.75) is 39.3 Å². The summed E-state index contributed by atoms with van der Waals surface area (Å²) in [5.74, 6) is -0.624. The third kappa shape index (κ3) is 2.28. The first-order valence-corrected chi connectivity index (χ1v) is 6.32. The van der Waals surface area contributed by atoms with Gasteiger partial charge in [0.05, 0.1) is 11.3 Å². The number of aromatic carboxylic acids is 1. The summed E-state index contributed by atoms with van der Waals surface area (Å²) >= 11 is 0. The molecule has 0 saturated carbocycles. The van der Waals surface area contributed by atoms with E-state index in [-0.39, 0.29) is 17.5 Å². The monoisotopic (exact) mass is 263 g/mol. The van der Waals surface area contributed by atoms with Crippen molar-refractivity contribution in [2.75, 3.05) is 4.90 Å². The van der Waals surface area contributed by atoms with Crippen molar-refractivity contribution in [3.05, 3.63) is 23.8 Å². The highest BCUT2D eigenvalue weighted by Crippen LogP contribution is 2.36. The van der Waals surface area contributed by atoms with Crippen molar-refractivity contribution in [1.82, 2.24) is 0 Å². The molecule has 1 aliphatic heterocycles. The summed E-state index contributed by atoms with van der Waals surface area (Å²) < 4.78 is 5.61. The number of benzene rings is 1. The Hall–Kier alpha value is -2.04. The highest BCUT2D eigenvalue weighted by atomic mass is 16.5. The van der Waals surface area contributed by atoms with Gasteiger partial charge in [-0.3, -0.25) is 4.79 Å². The molecule has 2 rings (SSSR count). The number of carbonyl (C=O) groups is 2. The molecule has 0 fully saturated rings. The minimum atomic E-state index is -1.01. The van der Waals surface area contributed by atoms with Gasteiger partial charge in [-0.15, -0.1) is 0 Å². The third-order valence-electron chi connectivity index (χ3n) is 3.14. The zero-order valence-corrected chi connectivity index (χ0v) is 11.2. The zero-order valence-electron chi connectivity index (χ0n) is 11.2. The van der Waals surface area contributed by atoms with Crippen LogP contribution in [0.1, 0.15) is 37.6 Å². The van der Waals surface area contributed by atoms with Gasteiger partial charge in [-0.1, -0.05) is 6.92 Å². The maximum atomic E-state index is 12.3. The van der Waals surface area contributed by atoms with Gasteiger partial charge in [0.25, 0.3) is 5.91 Å². The number of rotatable bonds is 3. The van der Waals surface area contributed by atoms with Crippen LogP contribution in [0.4, 0.5) is 5.69 Å². The maximum Gasteiger partial charge on any atom is 0.335 e. The van der Waals surface area contributed by atoms with Crippen molar-refractivity contribution in [2.24, 2.45) is 0 Å². The van der Waals surface area contributed by atoms with Crippen molar-refractivity contribution in [3.8, 4) is 5.75 Å². The Morgan fingerprint density at radius 2 is 2.16 bits per heavy atom. The predicted molar refractivity (Wildman–Crippen MR) is 70.7 cm³/mol. The Balaban J connectivity index is 2.51. The average Bonchev–Trinajstić information content (AvgIpc) is 2.36. The summed E-state index contributed by atoms with van der Waals surface area (Å²) in [5.41, 5.74) is 0.793. The van der Waals surface area contributed by atoms with Crippen LogP contribution in [0.3, 0.4) is 0 Å². The van der Waals surface area contributed by atoms with E-state index in [9.17, 15) is 9.59 Å². The summed E-state index contributed by atoms with van der Waals surface area (Å²) in [6, 6.07) is 4.59. The molecule has 1 heterocycles. The van der Waals surface area contributed by atoms with E-state index in [2.05, 4.69) is 0 Å². The predicted octanol–water partition coefficient (Wildman–Crippen LogP) is 2.30. The molecule has 1 amide bonds. The van der Waals surface area contributed by atoms with Crippen molar-refractivity contribution < 1.29 is 19.4 Å². The Morgan fingerprint density at radius 1 is 1.47 bits per heavy atom. The number of nitrogens with zero attached hydrogens (tertiary/aromatic N) is 1. The molecule has 0 spiro atoms. The second kappa shape index (κ2) is 4.91. The van der Waals surface area contributed by atoms with Crippen molar-refractivity contribution in [1.29, 1.82) is 0 Å². The molecule has 1 aromatic carbocycles. The van der Waals surface area contributed by atoms with Crippen LogP contribution in [0.25, 0.3) is 0 Å².